The van der Waals surface area contributed by atoms with E-state index in [2.05, 4.69) is 9.97 Å². The number of hydrogen-bond acceptors (Lipinski definition) is 4. The maximum atomic E-state index is 11.3. The zero-order valence-corrected chi connectivity index (χ0v) is 7.99. The second-order valence-electron chi connectivity index (χ2n) is 2.80. The maximum Gasteiger partial charge on any atom is 0.352 e. The number of pyridine rings is 2. The van der Waals surface area contributed by atoms with Crippen molar-refractivity contribution >= 4 is 28.2 Å². The monoisotopic (exact) mass is 225 g/mol. The third-order valence-electron chi connectivity index (χ3n) is 1.91. The van der Waals surface area contributed by atoms with Crippen LogP contribution >= 0.6 is 11.6 Å². The van der Waals surface area contributed by atoms with Crippen LogP contribution < -0.4 is 5.56 Å². The van der Waals surface area contributed by atoms with Crippen LogP contribution in [0.4, 0.5) is 5.69 Å². The Bertz CT molecular complexity index is 608. The fourth-order valence-corrected chi connectivity index (χ4v) is 1.58. The SMILES string of the molecule is O=c1[nH]c2cnccc2c(Cl)c1[N+](=O)[O-]. The third kappa shape index (κ3) is 1.44. The van der Waals surface area contributed by atoms with Gasteiger partial charge in [-0.3, -0.25) is 19.9 Å². The molecule has 1 N–H and O–H groups in total. The number of H-pyrrole nitrogens is 1. The van der Waals surface area contributed by atoms with Crippen LogP contribution in [0.1, 0.15) is 0 Å². The van der Waals surface area contributed by atoms with E-state index in [1.54, 1.807) is 0 Å². The smallest absolute Gasteiger partial charge is 0.315 e. The molecular weight excluding hydrogens is 222 g/mol. The van der Waals surface area contributed by atoms with Crippen LogP contribution in [0.5, 0.6) is 0 Å². The van der Waals surface area contributed by atoms with Gasteiger partial charge in [0.2, 0.25) is 0 Å². The zero-order valence-electron chi connectivity index (χ0n) is 7.23. The average molecular weight is 226 g/mol. The van der Waals surface area contributed by atoms with Gasteiger partial charge in [0.05, 0.1) is 16.6 Å². The van der Waals surface area contributed by atoms with E-state index < -0.39 is 16.2 Å². The first-order chi connectivity index (χ1) is 7.11. The number of nitrogens with zero attached hydrogens (tertiary/aromatic N) is 2. The van der Waals surface area contributed by atoms with Gasteiger partial charge in [-0.25, -0.2) is 0 Å². The van der Waals surface area contributed by atoms with E-state index in [0.29, 0.717) is 10.9 Å². The molecule has 0 amide bonds. The molecule has 0 atom stereocenters. The maximum absolute atomic E-state index is 11.3. The van der Waals surface area contributed by atoms with Crippen LogP contribution in [0.25, 0.3) is 10.9 Å². The Morgan fingerprint density at radius 1 is 1.53 bits per heavy atom. The summed E-state index contributed by atoms with van der Waals surface area (Å²) in [4.78, 5) is 27.2. The molecule has 0 spiro atoms. The summed E-state index contributed by atoms with van der Waals surface area (Å²) in [5, 5.41) is 10.8. The van der Waals surface area contributed by atoms with Crippen molar-refractivity contribution < 1.29 is 4.92 Å². The van der Waals surface area contributed by atoms with Gasteiger partial charge in [0.25, 0.3) is 0 Å². The second kappa shape index (κ2) is 3.32. The van der Waals surface area contributed by atoms with Gasteiger partial charge in [-0.1, -0.05) is 11.6 Å². The van der Waals surface area contributed by atoms with E-state index in [1.807, 2.05) is 0 Å². The van der Waals surface area contributed by atoms with Gasteiger partial charge in [0, 0.05) is 11.6 Å². The molecule has 0 bridgehead atoms. The largest absolute Gasteiger partial charge is 0.352 e. The molecule has 0 saturated heterocycles. The molecule has 0 unspecified atom stereocenters. The first-order valence-electron chi connectivity index (χ1n) is 3.91. The van der Waals surface area contributed by atoms with E-state index in [1.165, 1.54) is 18.5 Å². The number of aromatic nitrogens is 2. The summed E-state index contributed by atoms with van der Waals surface area (Å²) in [6.45, 7) is 0. The predicted octanol–water partition coefficient (Wildman–Crippen LogP) is 1.48. The summed E-state index contributed by atoms with van der Waals surface area (Å²) >= 11 is 5.75. The van der Waals surface area contributed by atoms with Crippen molar-refractivity contribution in [2.24, 2.45) is 0 Å². The van der Waals surface area contributed by atoms with Gasteiger partial charge in [0.15, 0.2) is 0 Å². The normalized spacial score (nSPS) is 10.5. The van der Waals surface area contributed by atoms with Gasteiger partial charge < -0.3 is 4.98 Å². The molecule has 0 aliphatic rings. The van der Waals surface area contributed by atoms with Gasteiger partial charge in [-0.2, -0.15) is 0 Å². The Hall–Kier alpha value is -1.95. The van der Waals surface area contributed by atoms with Crippen LogP contribution in [0.3, 0.4) is 0 Å². The molecule has 7 heteroatoms. The predicted molar refractivity (Wildman–Crippen MR) is 54.0 cm³/mol. The summed E-state index contributed by atoms with van der Waals surface area (Å²) in [5.41, 5.74) is -1.10. The van der Waals surface area contributed by atoms with Crippen LogP contribution in [0.2, 0.25) is 5.02 Å². The average Bonchev–Trinajstić information content (AvgIpc) is 2.17. The van der Waals surface area contributed by atoms with Crippen LogP contribution in [0, 0.1) is 10.1 Å². The van der Waals surface area contributed by atoms with Crippen molar-refractivity contribution in [3.8, 4) is 0 Å². The molecule has 76 valence electrons. The molecule has 15 heavy (non-hydrogen) atoms. The van der Waals surface area contributed by atoms with E-state index in [0.717, 1.165) is 0 Å². The summed E-state index contributed by atoms with van der Waals surface area (Å²) in [5.74, 6) is 0. The minimum Gasteiger partial charge on any atom is -0.315 e. The Kier molecular flexibility index (Phi) is 2.12. The van der Waals surface area contributed by atoms with E-state index >= 15 is 0 Å². The summed E-state index contributed by atoms with van der Waals surface area (Å²) in [7, 11) is 0. The summed E-state index contributed by atoms with van der Waals surface area (Å²) in [6.07, 6.45) is 2.82. The fourth-order valence-electron chi connectivity index (χ4n) is 1.26. The lowest BCUT2D eigenvalue weighted by atomic mass is 10.2. The lowest BCUT2D eigenvalue weighted by Gasteiger charge is -1.99. The second-order valence-corrected chi connectivity index (χ2v) is 3.17. The van der Waals surface area contributed by atoms with Crippen LogP contribution in [0.15, 0.2) is 23.3 Å². The zero-order chi connectivity index (χ0) is 11.0. The fraction of sp³-hybridized carbons (Fsp3) is 0. The molecular formula is C8H4ClN3O3. The van der Waals surface area contributed by atoms with E-state index in [4.69, 9.17) is 11.6 Å². The number of nitrogens with one attached hydrogen (secondary N) is 1. The number of halogens is 1. The molecule has 0 aliphatic carbocycles. The minimum atomic E-state index is -0.828. The minimum absolute atomic E-state index is 0.166. The van der Waals surface area contributed by atoms with Gasteiger partial charge >= 0.3 is 11.2 Å². The number of fused-ring (bicyclic) bond motifs is 1. The first kappa shape index (κ1) is 9.60. The molecule has 2 aromatic heterocycles. The van der Waals surface area contributed by atoms with Crippen molar-refractivity contribution in [3.05, 3.63) is 44.0 Å². The van der Waals surface area contributed by atoms with E-state index in [9.17, 15) is 14.9 Å². The Morgan fingerprint density at radius 3 is 2.93 bits per heavy atom. The standard InChI is InChI=1S/C8H4ClN3O3/c9-6-4-1-2-10-3-5(4)11-8(13)7(6)12(14)15/h1-3H,(H,11,13). The van der Waals surface area contributed by atoms with Crippen LogP contribution in [-0.2, 0) is 0 Å². The third-order valence-corrected chi connectivity index (χ3v) is 2.29. The highest BCUT2D eigenvalue weighted by atomic mass is 35.5. The number of hydrogen-bond donors (Lipinski definition) is 1. The Balaban J connectivity index is 2.97. The topological polar surface area (TPSA) is 88.9 Å². The molecule has 2 aromatic rings. The van der Waals surface area contributed by atoms with Gasteiger partial charge in [-0.05, 0) is 6.07 Å². The highest BCUT2D eigenvalue weighted by Gasteiger charge is 2.20. The summed E-state index contributed by atoms with van der Waals surface area (Å²) in [6, 6.07) is 1.50. The highest BCUT2D eigenvalue weighted by Crippen LogP contribution is 2.26. The van der Waals surface area contributed by atoms with Crippen LogP contribution in [-0.4, -0.2) is 14.9 Å². The number of rotatable bonds is 1. The summed E-state index contributed by atoms with van der Waals surface area (Å²) < 4.78 is 0. The molecule has 2 heterocycles. The molecule has 6 nitrogen and oxygen atoms in total. The Labute approximate surface area is 87.7 Å². The van der Waals surface area contributed by atoms with Crippen molar-refractivity contribution in [2.45, 2.75) is 0 Å². The lowest BCUT2D eigenvalue weighted by molar-refractivity contribution is -0.386. The quantitative estimate of drug-likeness (QED) is 0.588. The van der Waals surface area contributed by atoms with Gasteiger partial charge in [-0.15, -0.1) is 0 Å². The lowest BCUT2D eigenvalue weighted by Crippen LogP contribution is -2.12. The van der Waals surface area contributed by atoms with Crippen molar-refractivity contribution in [3.63, 3.8) is 0 Å². The molecule has 0 fully saturated rings. The molecule has 2 rings (SSSR count). The molecule has 0 radical (unpaired) electrons. The molecule has 0 aromatic carbocycles. The van der Waals surface area contributed by atoms with E-state index in [-0.39, 0.29) is 5.02 Å². The van der Waals surface area contributed by atoms with Crippen molar-refractivity contribution in [1.82, 2.24) is 9.97 Å². The first-order valence-corrected chi connectivity index (χ1v) is 4.29. The Morgan fingerprint density at radius 2 is 2.27 bits per heavy atom. The number of aromatic amines is 1. The highest BCUT2D eigenvalue weighted by molar-refractivity contribution is 6.37. The molecule has 0 aliphatic heterocycles. The number of nitro groups is 1. The molecule has 0 saturated carbocycles. The van der Waals surface area contributed by atoms with Crippen molar-refractivity contribution in [2.75, 3.05) is 0 Å². The van der Waals surface area contributed by atoms with Gasteiger partial charge in [0.1, 0.15) is 5.02 Å². The van der Waals surface area contributed by atoms with Crippen molar-refractivity contribution in [1.29, 1.82) is 0 Å².